The molecule has 2 aliphatic rings. The lowest BCUT2D eigenvalue weighted by Gasteiger charge is -2.30. The Morgan fingerprint density at radius 3 is 2.67 bits per heavy atom. The predicted octanol–water partition coefficient (Wildman–Crippen LogP) is 0.875. The molecule has 0 amide bonds. The third-order valence-corrected chi connectivity index (χ3v) is 8.42. The summed E-state index contributed by atoms with van der Waals surface area (Å²) >= 11 is 1.09. The van der Waals surface area contributed by atoms with Gasteiger partial charge in [0.1, 0.15) is 4.21 Å². The number of nitrogens with one attached hydrogen (secondary N) is 1. The molecule has 0 aliphatic carbocycles. The number of carboxylic acids is 1. The molecule has 1 fully saturated rings. The van der Waals surface area contributed by atoms with E-state index in [1.165, 1.54) is 4.31 Å². The minimum Gasteiger partial charge on any atom is -0.478 e. The second-order valence-electron chi connectivity index (χ2n) is 6.26. The molecule has 0 aromatic carbocycles. The molecule has 1 aromatic heterocycles. The molecule has 1 aromatic rings. The number of sulfonamides is 1. The van der Waals surface area contributed by atoms with Crippen molar-refractivity contribution in [3.05, 3.63) is 16.0 Å². The van der Waals surface area contributed by atoms with Crippen LogP contribution in [0.3, 0.4) is 0 Å². The first-order valence-corrected chi connectivity index (χ1v) is 10.4. The Hall–Kier alpha value is -1.00. The van der Waals surface area contributed by atoms with Crippen molar-refractivity contribution in [3.8, 4) is 0 Å². The molecule has 2 aliphatic heterocycles. The largest absolute Gasteiger partial charge is 0.478 e. The minimum absolute atomic E-state index is 0.0238. The summed E-state index contributed by atoms with van der Waals surface area (Å²) in [6.07, 6.45) is 2.64. The molecule has 134 valence electrons. The normalized spacial score (nSPS) is 20.0. The van der Waals surface area contributed by atoms with Crippen molar-refractivity contribution in [1.29, 1.82) is 0 Å². The second kappa shape index (κ2) is 7.09. The van der Waals surface area contributed by atoms with Crippen LogP contribution in [0.4, 0.5) is 0 Å². The van der Waals surface area contributed by atoms with E-state index in [0.29, 0.717) is 63.3 Å². The van der Waals surface area contributed by atoms with Crippen LogP contribution in [0.25, 0.3) is 0 Å². The van der Waals surface area contributed by atoms with Crippen molar-refractivity contribution in [2.75, 3.05) is 26.2 Å². The van der Waals surface area contributed by atoms with Crippen molar-refractivity contribution in [1.82, 2.24) is 9.62 Å². The maximum absolute atomic E-state index is 13.0. The van der Waals surface area contributed by atoms with Gasteiger partial charge in [-0.25, -0.2) is 13.2 Å². The van der Waals surface area contributed by atoms with Crippen molar-refractivity contribution in [3.63, 3.8) is 0 Å². The Balaban J connectivity index is 1.90. The Morgan fingerprint density at radius 2 is 2.04 bits per heavy atom. The zero-order chi connectivity index (χ0) is 17.3. The summed E-state index contributed by atoms with van der Waals surface area (Å²) < 4.78 is 27.4. The summed E-state index contributed by atoms with van der Waals surface area (Å²) in [5, 5.41) is 21.7. The van der Waals surface area contributed by atoms with E-state index < -0.39 is 16.0 Å². The van der Waals surface area contributed by atoms with Crippen LogP contribution >= 0.6 is 11.3 Å². The first-order valence-electron chi connectivity index (χ1n) is 8.14. The van der Waals surface area contributed by atoms with Crippen LogP contribution in [0.2, 0.25) is 0 Å². The molecule has 7 nitrogen and oxygen atoms in total. The average Bonchev–Trinajstić information content (AvgIpc) is 2.96. The molecule has 0 saturated carbocycles. The number of aliphatic hydroxyl groups is 1. The van der Waals surface area contributed by atoms with Gasteiger partial charge in [-0.1, -0.05) is 0 Å². The molecular weight excluding hydrogens is 352 g/mol. The number of thiophene rings is 1. The summed E-state index contributed by atoms with van der Waals surface area (Å²) in [5.74, 6) is -0.829. The third-order valence-electron chi connectivity index (χ3n) is 4.79. The Morgan fingerprint density at radius 1 is 1.33 bits per heavy atom. The SMILES string of the molecule is O=C(O)c1c(S(=O)(=O)N2CCC(CCO)CC2)sc2c1CCNC2. The molecule has 3 N–H and O–H groups in total. The first-order chi connectivity index (χ1) is 11.4. The van der Waals surface area contributed by atoms with Crippen molar-refractivity contribution in [2.45, 2.75) is 36.4 Å². The molecule has 0 unspecified atom stereocenters. The van der Waals surface area contributed by atoms with E-state index in [4.69, 9.17) is 5.11 Å². The smallest absolute Gasteiger partial charge is 0.338 e. The molecular formula is C15H22N2O5S2. The number of nitrogens with zero attached hydrogens (tertiary/aromatic N) is 1. The highest BCUT2D eigenvalue weighted by atomic mass is 32.2. The minimum atomic E-state index is -3.79. The average molecular weight is 374 g/mol. The summed E-state index contributed by atoms with van der Waals surface area (Å²) in [6.45, 7) is 2.06. The maximum Gasteiger partial charge on any atom is 0.338 e. The summed E-state index contributed by atoms with van der Waals surface area (Å²) in [6, 6.07) is 0. The maximum atomic E-state index is 13.0. The quantitative estimate of drug-likeness (QED) is 0.706. The lowest BCUT2D eigenvalue weighted by molar-refractivity contribution is 0.0692. The van der Waals surface area contributed by atoms with E-state index in [-0.39, 0.29) is 16.4 Å². The monoisotopic (exact) mass is 374 g/mol. The van der Waals surface area contributed by atoms with Gasteiger partial charge >= 0.3 is 5.97 Å². The number of rotatable bonds is 5. The highest BCUT2D eigenvalue weighted by molar-refractivity contribution is 7.91. The predicted molar refractivity (Wildman–Crippen MR) is 89.9 cm³/mol. The van der Waals surface area contributed by atoms with Gasteiger partial charge in [0.05, 0.1) is 5.56 Å². The zero-order valence-corrected chi connectivity index (χ0v) is 15.0. The molecule has 1 saturated heterocycles. The van der Waals surface area contributed by atoms with Crippen LogP contribution in [-0.2, 0) is 23.0 Å². The van der Waals surface area contributed by atoms with E-state index in [2.05, 4.69) is 5.32 Å². The number of aromatic carboxylic acids is 1. The fraction of sp³-hybridized carbons (Fsp3) is 0.667. The van der Waals surface area contributed by atoms with Crippen LogP contribution in [0.15, 0.2) is 4.21 Å². The van der Waals surface area contributed by atoms with Gasteiger partial charge in [0.15, 0.2) is 0 Å². The van der Waals surface area contributed by atoms with Gasteiger partial charge < -0.3 is 15.5 Å². The molecule has 3 rings (SSSR count). The van der Waals surface area contributed by atoms with Crippen molar-refractivity contribution < 1.29 is 23.4 Å². The van der Waals surface area contributed by atoms with E-state index in [1.54, 1.807) is 0 Å². The molecule has 0 atom stereocenters. The number of carboxylic acid groups (broad SMARTS) is 1. The van der Waals surface area contributed by atoms with Gasteiger partial charge in [-0.2, -0.15) is 4.31 Å². The highest BCUT2D eigenvalue weighted by Gasteiger charge is 2.36. The molecule has 24 heavy (non-hydrogen) atoms. The van der Waals surface area contributed by atoms with Crippen LogP contribution < -0.4 is 5.32 Å². The van der Waals surface area contributed by atoms with Gasteiger partial charge in [0, 0.05) is 31.1 Å². The lowest BCUT2D eigenvalue weighted by atomic mass is 9.95. The first kappa shape index (κ1) is 17.8. The number of aliphatic hydroxyl groups excluding tert-OH is 1. The van der Waals surface area contributed by atoms with Crippen LogP contribution in [0, 0.1) is 5.92 Å². The number of hydrogen-bond acceptors (Lipinski definition) is 6. The van der Waals surface area contributed by atoms with Gasteiger partial charge in [-0.3, -0.25) is 0 Å². The summed E-state index contributed by atoms with van der Waals surface area (Å²) in [7, 11) is -3.79. The number of carbonyl (C=O) groups is 1. The Labute approximate surface area is 145 Å². The van der Waals surface area contributed by atoms with Gasteiger partial charge in [-0.05, 0) is 43.7 Å². The molecule has 0 radical (unpaired) electrons. The van der Waals surface area contributed by atoms with Crippen molar-refractivity contribution in [2.24, 2.45) is 5.92 Å². The van der Waals surface area contributed by atoms with Crippen molar-refractivity contribution >= 4 is 27.3 Å². The zero-order valence-electron chi connectivity index (χ0n) is 13.3. The standard InChI is InChI=1S/C15H22N2O5S2/c18-8-4-10-2-6-17(7-3-10)24(21,22)15-13(14(19)20)11-1-5-16-9-12(11)23-15/h10,16,18H,1-9H2,(H,19,20). The molecule has 0 spiro atoms. The Kier molecular flexibility index (Phi) is 5.26. The molecule has 3 heterocycles. The van der Waals surface area contributed by atoms with E-state index in [0.717, 1.165) is 16.2 Å². The summed E-state index contributed by atoms with van der Waals surface area (Å²) in [5.41, 5.74) is 0.633. The van der Waals surface area contributed by atoms with Gasteiger partial charge in [0.2, 0.25) is 0 Å². The van der Waals surface area contributed by atoms with Crippen LogP contribution in [-0.4, -0.2) is 55.1 Å². The number of hydrogen-bond donors (Lipinski definition) is 3. The van der Waals surface area contributed by atoms with Crippen LogP contribution in [0.1, 0.15) is 40.1 Å². The number of piperidine rings is 1. The fourth-order valence-corrected chi connectivity index (χ4v) is 6.92. The molecule has 9 heteroatoms. The van der Waals surface area contributed by atoms with E-state index in [9.17, 15) is 18.3 Å². The lowest BCUT2D eigenvalue weighted by Crippen LogP contribution is -2.38. The van der Waals surface area contributed by atoms with Crippen LogP contribution in [0.5, 0.6) is 0 Å². The number of fused-ring (bicyclic) bond motifs is 1. The van der Waals surface area contributed by atoms with E-state index >= 15 is 0 Å². The summed E-state index contributed by atoms with van der Waals surface area (Å²) in [4.78, 5) is 12.5. The Bertz CT molecular complexity index is 720. The fourth-order valence-electron chi connectivity index (χ4n) is 3.45. The third kappa shape index (κ3) is 3.23. The molecule has 0 bridgehead atoms. The highest BCUT2D eigenvalue weighted by Crippen LogP contribution is 2.37. The van der Waals surface area contributed by atoms with Gasteiger partial charge in [-0.15, -0.1) is 11.3 Å². The topological polar surface area (TPSA) is 107 Å². The second-order valence-corrected chi connectivity index (χ2v) is 9.50. The van der Waals surface area contributed by atoms with E-state index in [1.807, 2.05) is 0 Å². The van der Waals surface area contributed by atoms with Gasteiger partial charge in [0.25, 0.3) is 10.0 Å².